The number of unbranched alkanes of at least 4 members (excludes halogenated alkanes) is 8. The summed E-state index contributed by atoms with van der Waals surface area (Å²) < 4.78 is 5.55. The molecule has 0 rings (SSSR count). The van der Waals surface area contributed by atoms with Crippen LogP contribution in [0.5, 0.6) is 0 Å². The van der Waals surface area contributed by atoms with E-state index in [1.165, 1.54) is 64.2 Å². The number of hydrogen-bond acceptors (Lipinski definition) is 2. The predicted molar refractivity (Wildman–Crippen MR) is 80.7 cm³/mol. The number of thiocarbonyl (C=S) groups is 1. The van der Waals surface area contributed by atoms with Crippen LogP contribution in [0.25, 0.3) is 0 Å². The predicted octanol–water partition coefficient (Wildman–Crippen LogP) is 5.66. The molecule has 0 aromatic carbocycles. The Morgan fingerprint density at radius 1 is 0.765 bits per heavy atom. The lowest BCUT2D eigenvalue weighted by Crippen LogP contribution is -2.03. The maximum absolute atomic E-state index is 5.55. The van der Waals surface area contributed by atoms with Gasteiger partial charge in [-0.25, -0.2) is 0 Å². The van der Waals surface area contributed by atoms with Crippen molar-refractivity contribution in [2.45, 2.75) is 84.5 Å². The average Bonchev–Trinajstić information content (AvgIpc) is 2.33. The summed E-state index contributed by atoms with van der Waals surface area (Å²) in [6.07, 6.45) is 14.0. The Balaban J connectivity index is 3.08. The van der Waals surface area contributed by atoms with Crippen molar-refractivity contribution in [3.63, 3.8) is 0 Å². The van der Waals surface area contributed by atoms with Crippen LogP contribution >= 0.6 is 12.2 Å². The molecule has 0 atom stereocenters. The molecule has 17 heavy (non-hydrogen) atoms. The lowest BCUT2D eigenvalue weighted by Gasteiger charge is -2.07. The highest BCUT2D eigenvalue weighted by molar-refractivity contribution is 7.80. The summed E-state index contributed by atoms with van der Waals surface area (Å²) in [7, 11) is 0. The molecule has 0 N–H and O–H groups in total. The van der Waals surface area contributed by atoms with Gasteiger partial charge in [-0.15, -0.1) is 0 Å². The summed E-state index contributed by atoms with van der Waals surface area (Å²) in [6, 6.07) is 0. The molecular formula is C15H30OS. The zero-order chi connectivity index (χ0) is 12.8. The second-order valence-corrected chi connectivity index (χ2v) is 5.25. The molecule has 0 fully saturated rings. The molecule has 0 spiro atoms. The van der Waals surface area contributed by atoms with Crippen LogP contribution < -0.4 is 0 Å². The van der Waals surface area contributed by atoms with Crippen molar-refractivity contribution < 1.29 is 4.74 Å². The van der Waals surface area contributed by atoms with Crippen molar-refractivity contribution in [2.24, 2.45) is 0 Å². The molecule has 0 aliphatic heterocycles. The van der Waals surface area contributed by atoms with Crippen LogP contribution in [-0.2, 0) is 4.74 Å². The first-order valence-electron chi connectivity index (χ1n) is 7.46. The normalized spacial score (nSPS) is 10.5. The Morgan fingerprint density at radius 2 is 1.29 bits per heavy atom. The van der Waals surface area contributed by atoms with Gasteiger partial charge in [0.1, 0.15) is 0 Å². The fourth-order valence-corrected chi connectivity index (χ4v) is 2.06. The highest BCUT2D eigenvalue weighted by atomic mass is 32.1. The third kappa shape index (κ3) is 13.8. The van der Waals surface area contributed by atoms with Gasteiger partial charge in [-0.05, 0) is 25.1 Å². The van der Waals surface area contributed by atoms with Crippen LogP contribution in [0.4, 0.5) is 0 Å². The fourth-order valence-electron chi connectivity index (χ4n) is 1.84. The molecule has 0 radical (unpaired) electrons. The van der Waals surface area contributed by atoms with Crippen molar-refractivity contribution >= 4 is 17.3 Å². The van der Waals surface area contributed by atoms with E-state index in [0.717, 1.165) is 18.1 Å². The first-order chi connectivity index (χ1) is 8.31. The molecule has 0 saturated carbocycles. The van der Waals surface area contributed by atoms with E-state index >= 15 is 0 Å². The molecule has 2 heteroatoms. The summed E-state index contributed by atoms with van der Waals surface area (Å²) in [6.45, 7) is 5.30. The Labute approximate surface area is 113 Å². The molecule has 0 aromatic heterocycles. The van der Waals surface area contributed by atoms with E-state index in [9.17, 15) is 0 Å². The number of ether oxygens (including phenoxy) is 1. The molecule has 0 heterocycles. The summed E-state index contributed by atoms with van der Waals surface area (Å²) in [4.78, 5) is 0. The second kappa shape index (κ2) is 14.0. The van der Waals surface area contributed by atoms with E-state index in [1.807, 2.05) is 0 Å². The highest BCUT2D eigenvalue weighted by Crippen LogP contribution is 2.08. The largest absolute Gasteiger partial charge is 0.487 e. The van der Waals surface area contributed by atoms with Gasteiger partial charge in [-0.3, -0.25) is 0 Å². The zero-order valence-corrected chi connectivity index (χ0v) is 12.6. The molecule has 0 aliphatic rings. The average molecular weight is 258 g/mol. The lowest BCUT2D eigenvalue weighted by atomic mass is 10.1. The highest BCUT2D eigenvalue weighted by Gasteiger charge is 1.97. The van der Waals surface area contributed by atoms with Crippen LogP contribution in [0, 0.1) is 0 Å². The van der Waals surface area contributed by atoms with Crippen LogP contribution in [-0.4, -0.2) is 11.7 Å². The van der Waals surface area contributed by atoms with E-state index in [2.05, 4.69) is 13.8 Å². The van der Waals surface area contributed by atoms with Crippen molar-refractivity contribution in [3.05, 3.63) is 0 Å². The minimum Gasteiger partial charge on any atom is -0.487 e. The Hall–Kier alpha value is -0.110. The van der Waals surface area contributed by atoms with Gasteiger partial charge in [0, 0.05) is 6.42 Å². The van der Waals surface area contributed by atoms with Gasteiger partial charge < -0.3 is 4.74 Å². The topological polar surface area (TPSA) is 9.23 Å². The summed E-state index contributed by atoms with van der Waals surface area (Å²) >= 11 is 5.18. The van der Waals surface area contributed by atoms with Gasteiger partial charge >= 0.3 is 0 Å². The molecule has 1 nitrogen and oxygen atoms in total. The molecule has 102 valence electrons. The summed E-state index contributed by atoms with van der Waals surface area (Å²) in [5.74, 6) is 0. The number of hydrogen-bond donors (Lipinski definition) is 0. The standard InChI is InChI=1S/C15H30OS/c1-3-5-7-8-9-10-12-14-16-15(17)13-11-6-4-2/h3-14H2,1-2H3. The van der Waals surface area contributed by atoms with Gasteiger partial charge in [-0.1, -0.05) is 65.2 Å². The van der Waals surface area contributed by atoms with E-state index in [0.29, 0.717) is 0 Å². The third-order valence-electron chi connectivity index (χ3n) is 3.00. The van der Waals surface area contributed by atoms with Gasteiger partial charge in [0.05, 0.1) is 6.61 Å². The second-order valence-electron chi connectivity index (χ2n) is 4.80. The van der Waals surface area contributed by atoms with E-state index in [1.54, 1.807) is 0 Å². The SMILES string of the molecule is CCCCCCCCCOC(=S)CCCCC. The van der Waals surface area contributed by atoms with E-state index in [4.69, 9.17) is 17.0 Å². The Bertz CT molecular complexity index is 168. The monoisotopic (exact) mass is 258 g/mol. The maximum atomic E-state index is 5.55. The molecule has 0 unspecified atom stereocenters. The smallest absolute Gasteiger partial charge is 0.159 e. The van der Waals surface area contributed by atoms with Crippen molar-refractivity contribution in [3.8, 4) is 0 Å². The summed E-state index contributed by atoms with van der Waals surface area (Å²) in [5.41, 5.74) is 0. The van der Waals surface area contributed by atoms with Crippen LogP contribution in [0.2, 0.25) is 0 Å². The van der Waals surface area contributed by atoms with Crippen molar-refractivity contribution in [2.75, 3.05) is 6.61 Å². The quantitative estimate of drug-likeness (QED) is 0.330. The minimum absolute atomic E-state index is 0.824. The minimum atomic E-state index is 0.824. The molecule has 0 aromatic rings. The molecule has 0 aliphatic carbocycles. The van der Waals surface area contributed by atoms with Crippen molar-refractivity contribution in [1.82, 2.24) is 0 Å². The van der Waals surface area contributed by atoms with E-state index < -0.39 is 0 Å². The molecular weight excluding hydrogens is 228 g/mol. The fraction of sp³-hybridized carbons (Fsp3) is 0.933. The van der Waals surface area contributed by atoms with Crippen LogP contribution in [0.3, 0.4) is 0 Å². The third-order valence-corrected chi connectivity index (χ3v) is 3.32. The van der Waals surface area contributed by atoms with Crippen LogP contribution in [0.15, 0.2) is 0 Å². The van der Waals surface area contributed by atoms with Gasteiger partial charge in [-0.2, -0.15) is 0 Å². The van der Waals surface area contributed by atoms with Gasteiger partial charge in [0.25, 0.3) is 0 Å². The van der Waals surface area contributed by atoms with Crippen molar-refractivity contribution in [1.29, 1.82) is 0 Å². The maximum Gasteiger partial charge on any atom is 0.159 e. The van der Waals surface area contributed by atoms with Gasteiger partial charge in [0.15, 0.2) is 5.05 Å². The first kappa shape index (κ1) is 16.9. The lowest BCUT2D eigenvalue weighted by molar-refractivity contribution is 0.291. The van der Waals surface area contributed by atoms with Gasteiger partial charge in [0.2, 0.25) is 0 Å². The Kier molecular flexibility index (Phi) is 13.9. The van der Waals surface area contributed by atoms with Crippen LogP contribution in [0.1, 0.15) is 84.5 Å². The molecule has 0 bridgehead atoms. The molecule has 0 amide bonds. The first-order valence-corrected chi connectivity index (χ1v) is 7.87. The van der Waals surface area contributed by atoms with E-state index in [-0.39, 0.29) is 0 Å². The Morgan fingerprint density at radius 3 is 1.94 bits per heavy atom. The zero-order valence-electron chi connectivity index (χ0n) is 11.8. The molecule has 0 saturated heterocycles. The number of rotatable bonds is 12. The summed E-state index contributed by atoms with van der Waals surface area (Å²) in [5, 5.41) is 0.824.